The summed E-state index contributed by atoms with van der Waals surface area (Å²) in [6.45, 7) is 2.85. The Bertz CT molecular complexity index is 434. The fourth-order valence-electron chi connectivity index (χ4n) is 1.78. The lowest BCUT2D eigenvalue weighted by molar-refractivity contribution is 0.833. The van der Waals surface area contributed by atoms with Crippen LogP contribution in [0.1, 0.15) is 17.7 Å². The number of rotatable bonds is 3. The highest BCUT2D eigenvalue weighted by molar-refractivity contribution is 5.85. The van der Waals surface area contributed by atoms with Crippen LogP contribution in [0.4, 0.5) is 0 Å². The number of nitrogens with one attached hydrogen (secondary N) is 1. The lowest BCUT2D eigenvalue weighted by atomic mass is 10.1. The van der Waals surface area contributed by atoms with Crippen LogP contribution in [0.25, 0.3) is 10.9 Å². The minimum absolute atomic E-state index is 0. The van der Waals surface area contributed by atoms with Crippen LogP contribution in [-0.2, 0) is 6.42 Å². The first-order valence-corrected chi connectivity index (χ1v) is 5.08. The van der Waals surface area contributed by atoms with Crippen LogP contribution in [0, 0.1) is 6.92 Å². The molecule has 0 aliphatic rings. The first-order chi connectivity index (χ1) is 6.79. The van der Waals surface area contributed by atoms with Gasteiger partial charge in [-0.1, -0.05) is 12.1 Å². The molecule has 1 heterocycles. The third-order valence-electron chi connectivity index (χ3n) is 2.49. The average Bonchev–Trinajstić information content (AvgIpc) is 2.54. The van der Waals surface area contributed by atoms with Gasteiger partial charge < -0.3 is 10.7 Å². The highest BCUT2D eigenvalue weighted by Crippen LogP contribution is 2.17. The number of halogens is 1. The van der Waals surface area contributed by atoms with Gasteiger partial charge in [-0.15, -0.1) is 12.4 Å². The van der Waals surface area contributed by atoms with Crippen LogP contribution in [-0.4, -0.2) is 11.5 Å². The third kappa shape index (κ3) is 2.74. The smallest absolute Gasteiger partial charge is 0.0458 e. The Kier molecular flexibility index (Phi) is 4.18. The second-order valence-electron chi connectivity index (χ2n) is 3.77. The second kappa shape index (κ2) is 5.19. The third-order valence-corrected chi connectivity index (χ3v) is 2.49. The number of aromatic nitrogens is 1. The molecule has 0 aliphatic heterocycles. The summed E-state index contributed by atoms with van der Waals surface area (Å²) < 4.78 is 0. The van der Waals surface area contributed by atoms with Crippen LogP contribution in [0.3, 0.4) is 0 Å². The van der Waals surface area contributed by atoms with Gasteiger partial charge in [0.05, 0.1) is 0 Å². The fourth-order valence-corrected chi connectivity index (χ4v) is 1.78. The van der Waals surface area contributed by atoms with E-state index < -0.39 is 0 Å². The van der Waals surface area contributed by atoms with E-state index in [4.69, 9.17) is 5.73 Å². The first kappa shape index (κ1) is 12.1. The van der Waals surface area contributed by atoms with Crippen LogP contribution in [0.5, 0.6) is 0 Å². The van der Waals surface area contributed by atoms with Gasteiger partial charge in [0.1, 0.15) is 0 Å². The number of hydrogen-bond acceptors (Lipinski definition) is 1. The van der Waals surface area contributed by atoms with E-state index in [-0.39, 0.29) is 12.4 Å². The van der Waals surface area contributed by atoms with E-state index >= 15 is 0 Å². The van der Waals surface area contributed by atoms with E-state index in [0.29, 0.717) is 0 Å². The first-order valence-electron chi connectivity index (χ1n) is 5.08. The van der Waals surface area contributed by atoms with Crippen molar-refractivity contribution in [3.05, 3.63) is 35.5 Å². The van der Waals surface area contributed by atoms with Crippen molar-refractivity contribution in [3.63, 3.8) is 0 Å². The van der Waals surface area contributed by atoms with Gasteiger partial charge in [0.25, 0.3) is 0 Å². The largest absolute Gasteiger partial charge is 0.359 e. The molecule has 0 saturated carbocycles. The topological polar surface area (TPSA) is 41.8 Å². The summed E-state index contributed by atoms with van der Waals surface area (Å²) in [5.74, 6) is 0. The van der Waals surface area contributed by atoms with Crippen molar-refractivity contribution in [1.29, 1.82) is 0 Å². The lowest BCUT2D eigenvalue weighted by Crippen LogP contribution is -2.00. The Labute approximate surface area is 96.3 Å². The number of H-pyrrole nitrogens is 1. The fraction of sp³-hybridized carbons (Fsp3) is 0.333. The van der Waals surface area contributed by atoms with Crippen molar-refractivity contribution in [2.45, 2.75) is 19.8 Å². The molecule has 3 heteroatoms. The molecule has 0 radical (unpaired) electrons. The van der Waals surface area contributed by atoms with Gasteiger partial charge in [0, 0.05) is 11.2 Å². The van der Waals surface area contributed by atoms with E-state index in [0.717, 1.165) is 19.4 Å². The average molecular weight is 225 g/mol. The van der Waals surface area contributed by atoms with Crippen molar-refractivity contribution in [3.8, 4) is 0 Å². The predicted octanol–water partition coefficient (Wildman–Crippen LogP) is 2.79. The Morgan fingerprint density at radius 1 is 1.27 bits per heavy atom. The number of aromatic amines is 1. The monoisotopic (exact) mass is 224 g/mol. The zero-order valence-electron chi connectivity index (χ0n) is 8.92. The molecule has 15 heavy (non-hydrogen) atoms. The molecule has 1 aromatic heterocycles. The van der Waals surface area contributed by atoms with Gasteiger partial charge in [-0.05, 0) is 49.4 Å². The van der Waals surface area contributed by atoms with Gasteiger partial charge in [0.15, 0.2) is 0 Å². The van der Waals surface area contributed by atoms with Crippen LogP contribution < -0.4 is 5.73 Å². The van der Waals surface area contributed by atoms with E-state index in [1.807, 2.05) is 0 Å². The van der Waals surface area contributed by atoms with Crippen LogP contribution in [0.15, 0.2) is 24.3 Å². The van der Waals surface area contributed by atoms with Crippen LogP contribution in [0.2, 0.25) is 0 Å². The molecule has 3 N–H and O–H groups in total. The summed E-state index contributed by atoms with van der Waals surface area (Å²) in [6.07, 6.45) is 2.13. The van der Waals surface area contributed by atoms with Crippen molar-refractivity contribution in [2.24, 2.45) is 5.73 Å². The molecule has 82 valence electrons. The summed E-state index contributed by atoms with van der Waals surface area (Å²) in [5.41, 5.74) is 9.30. The maximum Gasteiger partial charge on any atom is 0.0458 e. The molecule has 1 aromatic carbocycles. The van der Waals surface area contributed by atoms with Crippen LogP contribution >= 0.6 is 12.4 Å². The zero-order valence-corrected chi connectivity index (χ0v) is 9.73. The number of benzene rings is 1. The normalized spacial score (nSPS) is 10.3. The molecule has 0 unspecified atom stereocenters. The molecular formula is C12H17ClN2. The molecule has 0 bridgehead atoms. The summed E-state index contributed by atoms with van der Waals surface area (Å²) in [6, 6.07) is 8.75. The molecular weight excluding hydrogens is 208 g/mol. The Morgan fingerprint density at radius 3 is 2.80 bits per heavy atom. The zero-order chi connectivity index (χ0) is 9.97. The van der Waals surface area contributed by atoms with E-state index in [1.54, 1.807) is 0 Å². The van der Waals surface area contributed by atoms with E-state index in [2.05, 4.69) is 36.2 Å². The molecule has 2 rings (SSSR count). The van der Waals surface area contributed by atoms with E-state index in [9.17, 15) is 0 Å². The number of nitrogens with two attached hydrogens (primary N) is 1. The van der Waals surface area contributed by atoms with Gasteiger partial charge in [-0.25, -0.2) is 0 Å². The van der Waals surface area contributed by atoms with Crippen molar-refractivity contribution < 1.29 is 0 Å². The Balaban J connectivity index is 0.00000112. The number of hydrogen-bond donors (Lipinski definition) is 2. The molecule has 0 aliphatic carbocycles. The molecule has 0 spiro atoms. The Morgan fingerprint density at radius 2 is 2.07 bits per heavy atom. The summed E-state index contributed by atoms with van der Waals surface area (Å²) in [4.78, 5) is 3.34. The molecule has 0 fully saturated rings. The van der Waals surface area contributed by atoms with Gasteiger partial charge in [-0.2, -0.15) is 0 Å². The summed E-state index contributed by atoms with van der Waals surface area (Å²) in [5, 5.41) is 1.29. The molecule has 2 nitrogen and oxygen atoms in total. The molecule has 0 atom stereocenters. The van der Waals surface area contributed by atoms with Gasteiger partial charge >= 0.3 is 0 Å². The van der Waals surface area contributed by atoms with Crippen molar-refractivity contribution >= 4 is 23.3 Å². The van der Waals surface area contributed by atoms with Gasteiger partial charge in [0.2, 0.25) is 0 Å². The Hall–Kier alpha value is -0.990. The predicted molar refractivity (Wildman–Crippen MR) is 67.7 cm³/mol. The second-order valence-corrected chi connectivity index (χ2v) is 3.77. The van der Waals surface area contributed by atoms with Gasteiger partial charge in [-0.3, -0.25) is 0 Å². The highest BCUT2D eigenvalue weighted by Gasteiger charge is 1.98. The maximum atomic E-state index is 5.49. The SMILES string of the molecule is Cc1cc2ccc(CCCN)cc2[nH]1.Cl. The minimum atomic E-state index is 0. The maximum absolute atomic E-state index is 5.49. The van der Waals surface area contributed by atoms with E-state index in [1.165, 1.54) is 22.2 Å². The molecule has 2 aromatic rings. The lowest BCUT2D eigenvalue weighted by Gasteiger charge is -1.99. The van der Waals surface area contributed by atoms with Crippen molar-refractivity contribution in [1.82, 2.24) is 4.98 Å². The summed E-state index contributed by atoms with van der Waals surface area (Å²) >= 11 is 0. The number of aryl methyl sites for hydroxylation is 2. The highest BCUT2D eigenvalue weighted by atomic mass is 35.5. The minimum Gasteiger partial charge on any atom is -0.359 e. The standard InChI is InChI=1S/C12H16N2.ClH/c1-9-7-11-5-4-10(3-2-6-13)8-12(11)14-9;/h4-5,7-8,14H,2-3,6,13H2,1H3;1H. The van der Waals surface area contributed by atoms with Crippen molar-refractivity contribution in [2.75, 3.05) is 6.54 Å². The molecule has 0 amide bonds. The summed E-state index contributed by atoms with van der Waals surface area (Å²) in [7, 11) is 0. The number of fused-ring (bicyclic) bond motifs is 1. The molecule has 0 saturated heterocycles. The quantitative estimate of drug-likeness (QED) is 0.827.